The van der Waals surface area contributed by atoms with Crippen LogP contribution in [0.4, 0.5) is 0 Å². The lowest BCUT2D eigenvalue weighted by molar-refractivity contribution is 0.462. The molecule has 1 aromatic carbocycles. The quantitative estimate of drug-likeness (QED) is 0.870. The number of nitrogens with one attached hydrogen (secondary N) is 1. The topological polar surface area (TPSA) is 104 Å². The third-order valence-corrected chi connectivity index (χ3v) is 6.74. The minimum atomic E-state index is -3.80. The van der Waals surface area contributed by atoms with Gasteiger partial charge in [-0.05, 0) is 37.6 Å². The smallest absolute Gasteiger partial charge is 0.229 e. The first-order chi connectivity index (χ1) is 9.16. The Kier molecular flexibility index (Phi) is 3.62. The van der Waals surface area contributed by atoms with Crippen LogP contribution in [-0.2, 0) is 19.9 Å². The van der Waals surface area contributed by atoms with E-state index in [2.05, 4.69) is 4.72 Å². The number of sulfonamides is 1. The van der Waals surface area contributed by atoms with Gasteiger partial charge in [0, 0.05) is 5.54 Å². The van der Waals surface area contributed by atoms with Gasteiger partial charge in [0.05, 0.1) is 28.0 Å². The molecule has 0 aromatic heterocycles. The number of benzene rings is 1. The van der Waals surface area contributed by atoms with Gasteiger partial charge in [-0.2, -0.15) is 5.26 Å². The molecule has 1 atom stereocenters. The molecular weight excluding hydrogens is 300 g/mol. The van der Waals surface area contributed by atoms with E-state index in [1.807, 2.05) is 6.07 Å². The molecule has 108 valence electrons. The van der Waals surface area contributed by atoms with Crippen LogP contribution >= 0.6 is 0 Å². The van der Waals surface area contributed by atoms with Gasteiger partial charge in [-0.3, -0.25) is 0 Å². The van der Waals surface area contributed by atoms with Gasteiger partial charge >= 0.3 is 0 Å². The fourth-order valence-corrected chi connectivity index (χ4v) is 5.80. The fourth-order valence-electron chi connectivity index (χ4n) is 2.18. The van der Waals surface area contributed by atoms with Gasteiger partial charge in [0.2, 0.25) is 10.0 Å². The number of hydrogen-bond acceptors (Lipinski definition) is 5. The first-order valence-corrected chi connectivity index (χ1v) is 9.21. The largest absolute Gasteiger partial charge is 0.241 e. The summed E-state index contributed by atoms with van der Waals surface area (Å²) in [7, 11) is -6.99. The predicted octanol–water partition coefficient (Wildman–Crippen LogP) is 0.414. The summed E-state index contributed by atoms with van der Waals surface area (Å²) in [4.78, 5) is 0.0158. The van der Waals surface area contributed by atoms with E-state index in [4.69, 9.17) is 5.26 Å². The van der Waals surface area contributed by atoms with E-state index in [1.54, 1.807) is 6.92 Å². The summed E-state index contributed by atoms with van der Waals surface area (Å²) < 4.78 is 49.8. The summed E-state index contributed by atoms with van der Waals surface area (Å²) in [5.74, 6) is -0.213. The Balaban J connectivity index is 2.26. The van der Waals surface area contributed by atoms with E-state index in [1.165, 1.54) is 24.3 Å². The molecule has 2 rings (SSSR count). The monoisotopic (exact) mass is 314 g/mol. The van der Waals surface area contributed by atoms with Gasteiger partial charge in [-0.15, -0.1) is 0 Å². The van der Waals surface area contributed by atoms with Gasteiger partial charge in [0.15, 0.2) is 9.84 Å². The van der Waals surface area contributed by atoms with Crippen LogP contribution in [0, 0.1) is 11.3 Å². The molecular formula is C12H14N2O4S2. The molecule has 0 aliphatic carbocycles. The van der Waals surface area contributed by atoms with Crippen molar-refractivity contribution in [2.24, 2.45) is 0 Å². The van der Waals surface area contributed by atoms with Crippen molar-refractivity contribution in [3.8, 4) is 6.07 Å². The van der Waals surface area contributed by atoms with Gasteiger partial charge in [0.1, 0.15) is 0 Å². The molecule has 1 aliphatic rings. The van der Waals surface area contributed by atoms with Crippen molar-refractivity contribution in [3.63, 3.8) is 0 Å². The second-order valence-corrected chi connectivity index (χ2v) is 9.01. The number of sulfone groups is 1. The van der Waals surface area contributed by atoms with E-state index < -0.39 is 25.4 Å². The van der Waals surface area contributed by atoms with E-state index in [0.29, 0.717) is 5.56 Å². The van der Waals surface area contributed by atoms with Crippen LogP contribution in [0.5, 0.6) is 0 Å². The van der Waals surface area contributed by atoms with E-state index >= 15 is 0 Å². The van der Waals surface area contributed by atoms with Gasteiger partial charge in [0.25, 0.3) is 0 Å². The maximum Gasteiger partial charge on any atom is 0.241 e. The third kappa shape index (κ3) is 3.17. The van der Waals surface area contributed by atoms with E-state index in [9.17, 15) is 16.8 Å². The Labute approximate surface area is 118 Å². The predicted molar refractivity (Wildman–Crippen MR) is 73.2 cm³/mol. The summed E-state index contributed by atoms with van der Waals surface area (Å²) in [6, 6.07) is 7.37. The third-order valence-electron chi connectivity index (χ3n) is 3.18. The summed E-state index contributed by atoms with van der Waals surface area (Å²) in [5.41, 5.74) is -0.621. The van der Waals surface area contributed by atoms with Crippen molar-refractivity contribution in [1.29, 1.82) is 5.26 Å². The van der Waals surface area contributed by atoms with Crippen LogP contribution in [0.25, 0.3) is 0 Å². The zero-order valence-electron chi connectivity index (χ0n) is 10.8. The molecule has 0 amide bonds. The summed E-state index contributed by atoms with van der Waals surface area (Å²) in [6.45, 7) is 1.58. The number of nitrogens with zero attached hydrogens (tertiary/aromatic N) is 1. The van der Waals surface area contributed by atoms with Crippen molar-refractivity contribution in [2.75, 3.05) is 11.5 Å². The average Bonchev–Trinajstić information content (AvgIpc) is 2.62. The number of rotatable bonds is 3. The van der Waals surface area contributed by atoms with Gasteiger partial charge in [-0.25, -0.2) is 21.6 Å². The molecule has 0 spiro atoms. The van der Waals surface area contributed by atoms with Gasteiger partial charge in [-0.1, -0.05) is 0 Å². The van der Waals surface area contributed by atoms with Crippen LogP contribution in [0.2, 0.25) is 0 Å². The molecule has 8 heteroatoms. The molecule has 1 saturated heterocycles. The molecule has 1 fully saturated rings. The SMILES string of the molecule is C[C@@]1(NS(=O)(=O)c2ccc(C#N)cc2)CCS(=O)(=O)C1. The zero-order valence-corrected chi connectivity index (χ0v) is 12.5. The molecule has 20 heavy (non-hydrogen) atoms. The summed E-state index contributed by atoms with van der Waals surface area (Å²) in [6.07, 6.45) is 0.255. The molecule has 0 bridgehead atoms. The van der Waals surface area contributed by atoms with Gasteiger partial charge < -0.3 is 0 Å². The Bertz CT molecular complexity index is 761. The minimum Gasteiger partial charge on any atom is -0.229 e. The Morgan fingerprint density at radius 3 is 2.35 bits per heavy atom. The number of nitriles is 1. The average molecular weight is 314 g/mol. The van der Waals surface area contributed by atoms with Crippen molar-refractivity contribution in [2.45, 2.75) is 23.8 Å². The lowest BCUT2D eigenvalue weighted by Crippen LogP contribution is -2.46. The number of hydrogen-bond donors (Lipinski definition) is 1. The highest BCUT2D eigenvalue weighted by Crippen LogP contribution is 2.25. The standard InChI is InChI=1S/C12H14N2O4S2/c1-12(6-7-19(15,16)9-12)14-20(17,18)11-4-2-10(8-13)3-5-11/h2-5,14H,6-7,9H2,1H3/t12-/m1/s1. The molecule has 0 unspecified atom stereocenters. The first kappa shape index (κ1) is 15.0. The lowest BCUT2D eigenvalue weighted by Gasteiger charge is -2.23. The lowest BCUT2D eigenvalue weighted by atomic mass is 10.0. The van der Waals surface area contributed by atoms with Crippen molar-refractivity contribution in [3.05, 3.63) is 29.8 Å². The maximum absolute atomic E-state index is 12.2. The van der Waals surface area contributed by atoms with Crippen LogP contribution < -0.4 is 4.72 Å². The minimum absolute atomic E-state index is 0.0145. The highest BCUT2D eigenvalue weighted by molar-refractivity contribution is 7.92. The second kappa shape index (κ2) is 4.84. The maximum atomic E-state index is 12.2. The Hall–Kier alpha value is -1.43. The van der Waals surface area contributed by atoms with Crippen molar-refractivity contribution < 1.29 is 16.8 Å². The Morgan fingerprint density at radius 2 is 1.90 bits per heavy atom. The van der Waals surface area contributed by atoms with Crippen LogP contribution in [0.1, 0.15) is 18.9 Å². The summed E-state index contributed by atoms with van der Waals surface area (Å²) in [5, 5.41) is 8.68. The zero-order chi connectivity index (χ0) is 15.0. The van der Waals surface area contributed by atoms with Crippen LogP contribution in [0.3, 0.4) is 0 Å². The van der Waals surface area contributed by atoms with Crippen molar-refractivity contribution in [1.82, 2.24) is 4.72 Å². The molecule has 1 aliphatic heterocycles. The molecule has 1 N–H and O–H groups in total. The van der Waals surface area contributed by atoms with Crippen LogP contribution in [-0.4, -0.2) is 33.9 Å². The second-order valence-electron chi connectivity index (χ2n) is 5.14. The Morgan fingerprint density at radius 1 is 1.30 bits per heavy atom. The molecule has 6 nitrogen and oxygen atoms in total. The normalized spacial score (nSPS) is 25.2. The fraction of sp³-hybridized carbons (Fsp3) is 0.417. The molecule has 1 aromatic rings. The van der Waals surface area contributed by atoms with E-state index in [-0.39, 0.29) is 22.8 Å². The molecule has 0 radical (unpaired) electrons. The molecule has 1 heterocycles. The first-order valence-electron chi connectivity index (χ1n) is 5.90. The van der Waals surface area contributed by atoms with Crippen molar-refractivity contribution >= 4 is 19.9 Å². The highest BCUT2D eigenvalue weighted by atomic mass is 32.2. The van der Waals surface area contributed by atoms with Crippen LogP contribution in [0.15, 0.2) is 29.2 Å². The van der Waals surface area contributed by atoms with E-state index in [0.717, 1.165) is 0 Å². The summed E-state index contributed by atoms with van der Waals surface area (Å²) >= 11 is 0. The highest BCUT2D eigenvalue weighted by Gasteiger charge is 2.41. The molecule has 0 saturated carbocycles.